The Labute approximate surface area is 117 Å². The molecule has 2 rings (SSSR count). The van der Waals surface area contributed by atoms with Gasteiger partial charge in [-0.2, -0.15) is 0 Å². The van der Waals surface area contributed by atoms with Crippen molar-refractivity contribution in [2.75, 3.05) is 6.61 Å². The molecule has 0 amide bonds. The number of rotatable bonds is 5. The van der Waals surface area contributed by atoms with Gasteiger partial charge in [0.2, 0.25) is 0 Å². The molecule has 0 bridgehead atoms. The van der Waals surface area contributed by atoms with Gasteiger partial charge in [0.1, 0.15) is 5.75 Å². The Morgan fingerprint density at radius 1 is 1.26 bits per heavy atom. The molecule has 0 fully saturated rings. The molecule has 0 unspecified atom stereocenters. The Morgan fingerprint density at radius 3 is 2.68 bits per heavy atom. The van der Waals surface area contributed by atoms with Crippen LogP contribution in [0.1, 0.15) is 24.2 Å². The van der Waals surface area contributed by atoms with E-state index in [1.165, 1.54) is 5.56 Å². The maximum Gasteiger partial charge on any atom is 0.125 e. The summed E-state index contributed by atoms with van der Waals surface area (Å²) in [4.78, 5) is 3.97. The number of benzene rings is 1. The van der Waals surface area contributed by atoms with Gasteiger partial charge in [-0.1, -0.05) is 11.6 Å². The second-order valence-electron chi connectivity index (χ2n) is 4.31. The first-order valence-electron chi connectivity index (χ1n) is 6.16. The number of ether oxygens (including phenoxy) is 1. The Balaban J connectivity index is 2.00. The van der Waals surface area contributed by atoms with Crippen molar-refractivity contribution < 1.29 is 9.84 Å². The highest BCUT2D eigenvalue weighted by Gasteiger charge is 2.09. The van der Waals surface area contributed by atoms with Crippen LogP contribution in [0.15, 0.2) is 42.7 Å². The Hall–Kier alpha value is -1.58. The van der Waals surface area contributed by atoms with Gasteiger partial charge in [-0.3, -0.25) is 4.98 Å². The first kappa shape index (κ1) is 13.8. The molecular weight excluding hydrogens is 262 g/mol. The molecule has 100 valence electrons. The number of aliphatic hydroxyl groups excluding tert-OH is 1. The Morgan fingerprint density at radius 2 is 2.00 bits per heavy atom. The topological polar surface area (TPSA) is 42.4 Å². The normalized spacial score (nSPS) is 12.2. The van der Waals surface area contributed by atoms with Gasteiger partial charge in [0.15, 0.2) is 0 Å². The molecule has 0 radical (unpaired) electrons. The van der Waals surface area contributed by atoms with E-state index in [2.05, 4.69) is 4.98 Å². The lowest BCUT2D eigenvalue weighted by atomic mass is 10.1. The zero-order chi connectivity index (χ0) is 13.7. The minimum absolute atomic E-state index is 0.547. The summed E-state index contributed by atoms with van der Waals surface area (Å²) in [5.74, 6) is 0.674. The monoisotopic (exact) mass is 277 g/mol. The standard InChI is InChI=1S/C15H16ClNO2/c1-11(18)14-10-13(16)2-3-15(14)19-9-6-12-4-7-17-8-5-12/h2-5,7-8,10-11,18H,6,9H2,1H3/t11-/m0/s1. The number of hydrogen-bond donors (Lipinski definition) is 1. The smallest absolute Gasteiger partial charge is 0.125 e. The third-order valence-corrected chi connectivity index (χ3v) is 3.05. The van der Waals surface area contributed by atoms with Crippen molar-refractivity contribution in [2.24, 2.45) is 0 Å². The van der Waals surface area contributed by atoms with Gasteiger partial charge in [-0.15, -0.1) is 0 Å². The summed E-state index contributed by atoms with van der Waals surface area (Å²) in [6.45, 7) is 2.24. The number of nitrogens with zero attached hydrogens (tertiary/aromatic N) is 1. The summed E-state index contributed by atoms with van der Waals surface area (Å²) >= 11 is 5.92. The maximum atomic E-state index is 9.70. The number of halogens is 1. The zero-order valence-corrected chi connectivity index (χ0v) is 11.5. The van der Waals surface area contributed by atoms with Crippen LogP contribution >= 0.6 is 11.6 Å². The lowest BCUT2D eigenvalue weighted by Crippen LogP contribution is -2.04. The molecule has 0 aliphatic heterocycles. The summed E-state index contributed by atoms with van der Waals surface area (Å²) in [6, 6.07) is 9.20. The van der Waals surface area contributed by atoms with Gasteiger partial charge >= 0.3 is 0 Å². The molecule has 19 heavy (non-hydrogen) atoms. The van der Waals surface area contributed by atoms with Crippen LogP contribution in [0.3, 0.4) is 0 Å². The minimum Gasteiger partial charge on any atom is -0.493 e. The van der Waals surface area contributed by atoms with Crippen molar-refractivity contribution in [1.82, 2.24) is 4.98 Å². The molecule has 1 N–H and O–H groups in total. The number of aromatic nitrogens is 1. The van der Waals surface area contributed by atoms with Gasteiger partial charge < -0.3 is 9.84 Å². The molecule has 0 saturated heterocycles. The van der Waals surface area contributed by atoms with Crippen LogP contribution in [0.5, 0.6) is 5.75 Å². The third-order valence-electron chi connectivity index (χ3n) is 2.82. The lowest BCUT2D eigenvalue weighted by molar-refractivity contribution is 0.191. The first-order chi connectivity index (χ1) is 9.16. The molecule has 0 saturated carbocycles. The molecule has 1 aromatic carbocycles. The van der Waals surface area contributed by atoms with Crippen LogP contribution in [0, 0.1) is 0 Å². The quantitative estimate of drug-likeness (QED) is 0.911. The van der Waals surface area contributed by atoms with Crippen molar-refractivity contribution >= 4 is 11.6 Å². The van der Waals surface area contributed by atoms with Crippen LogP contribution in [-0.2, 0) is 6.42 Å². The summed E-state index contributed by atoms with van der Waals surface area (Å²) < 4.78 is 5.72. The molecule has 1 aromatic heterocycles. The molecule has 4 heteroatoms. The fourth-order valence-electron chi connectivity index (χ4n) is 1.81. The summed E-state index contributed by atoms with van der Waals surface area (Å²) in [5, 5.41) is 10.3. The zero-order valence-electron chi connectivity index (χ0n) is 10.7. The first-order valence-corrected chi connectivity index (χ1v) is 6.54. The lowest BCUT2D eigenvalue weighted by Gasteiger charge is -2.13. The Bertz CT molecular complexity index is 529. The molecule has 0 spiro atoms. The molecular formula is C15H16ClNO2. The number of aliphatic hydroxyl groups is 1. The second-order valence-corrected chi connectivity index (χ2v) is 4.75. The van der Waals surface area contributed by atoms with Crippen LogP contribution in [-0.4, -0.2) is 16.7 Å². The van der Waals surface area contributed by atoms with E-state index >= 15 is 0 Å². The van der Waals surface area contributed by atoms with Crippen molar-refractivity contribution in [3.05, 3.63) is 58.9 Å². The van der Waals surface area contributed by atoms with E-state index in [4.69, 9.17) is 16.3 Å². The van der Waals surface area contributed by atoms with Gasteiger partial charge in [0.05, 0.1) is 12.7 Å². The molecule has 1 atom stereocenters. The van der Waals surface area contributed by atoms with Crippen LogP contribution < -0.4 is 4.74 Å². The molecule has 2 aromatic rings. The predicted octanol–water partition coefficient (Wildman–Crippen LogP) is 3.41. The van der Waals surface area contributed by atoms with Crippen molar-refractivity contribution in [3.63, 3.8) is 0 Å². The molecule has 1 heterocycles. The van der Waals surface area contributed by atoms with E-state index < -0.39 is 6.10 Å². The predicted molar refractivity (Wildman–Crippen MR) is 75.5 cm³/mol. The van der Waals surface area contributed by atoms with Gasteiger partial charge in [0, 0.05) is 29.4 Å². The molecule has 0 aliphatic rings. The number of pyridine rings is 1. The third kappa shape index (κ3) is 3.94. The highest BCUT2D eigenvalue weighted by Crippen LogP contribution is 2.28. The van der Waals surface area contributed by atoms with Crippen molar-refractivity contribution in [1.29, 1.82) is 0 Å². The van der Waals surface area contributed by atoms with Crippen LogP contribution in [0.25, 0.3) is 0 Å². The number of hydrogen-bond acceptors (Lipinski definition) is 3. The molecule has 3 nitrogen and oxygen atoms in total. The van der Waals surface area contributed by atoms with Crippen LogP contribution in [0.2, 0.25) is 5.02 Å². The second kappa shape index (κ2) is 6.55. The van der Waals surface area contributed by atoms with E-state index in [1.54, 1.807) is 37.5 Å². The van der Waals surface area contributed by atoms with Gasteiger partial charge in [-0.05, 0) is 42.8 Å². The van der Waals surface area contributed by atoms with Crippen molar-refractivity contribution in [2.45, 2.75) is 19.4 Å². The van der Waals surface area contributed by atoms with Gasteiger partial charge in [-0.25, -0.2) is 0 Å². The average molecular weight is 278 g/mol. The van der Waals surface area contributed by atoms with E-state index in [9.17, 15) is 5.11 Å². The molecule has 0 aliphatic carbocycles. The largest absolute Gasteiger partial charge is 0.493 e. The average Bonchev–Trinajstić information content (AvgIpc) is 2.41. The highest BCUT2D eigenvalue weighted by atomic mass is 35.5. The maximum absolute atomic E-state index is 9.70. The van der Waals surface area contributed by atoms with E-state index in [0.717, 1.165) is 6.42 Å². The van der Waals surface area contributed by atoms with E-state index in [1.807, 2.05) is 12.1 Å². The SMILES string of the molecule is C[C@H](O)c1cc(Cl)ccc1OCCc1ccncc1. The van der Waals surface area contributed by atoms with Crippen LogP contribution in [0.4, 0.5) is 0 Å². The van der Waals surface area contributed by atoms with Gasteiger partial charge in [0.25, 0.3) is 0 Å². The summed E-state index contributed by atoms with van der Waals surface area (Å²) in [7, 11) is 0. The summed E-state index contributed by atoms with van der Waals surface area (Å²) in [6.07, 6.45) is 3.72. The van der Waals surface area contributed by atoms with E-state index in [-0.39, 0.29) is 0 Å². The Kier molecular flexibility index (Phi) is 4.77. The fourth-order valence-corrected chi connectivity index (χ4v) is 1.99. The summed E-state index contributed by atoms with van der Waals surface area (Å²) in [5.41, 5.74) is 1.88. The van der Waals surface area contributed by atoms with E-state index in [0.29, 0.717) is 22.9 Å². The fraction of sp³-hybridized carbons (Fsp3) is 0.267. The van der Waals surface area contributed by atoms with Crippen molar-refractivity contribution in [3.8, 4) is 5.75 Å². The highest BCUT2D eigenvalue weighted by molar-refractivity contribution is 6.30. The minimum atomic E-state index is -0.602.